The molecule has 1 aliphatic carbocycles. The Morgan fingerprint density at radius 2 is 2.00 bits per heavy atom. The van der Waals surface area contributed by atoms with Gasteiger partial charge >= 0.3 is 0 Å². The summed E-state index contributed by atoms with van der Waals surface area (Å²) >= 11 is 0. The number of benzene rings is 1. The zero-order chi connectivity index (χ0) is 13.7. The molecule has 0 bridgehead atoms. The van der Waals surface area contributed by atoms with E-state index in [0.29, 0.717) is 6.04 Å². The molecule has 0 radical (unpaired) electrons. The molecule has 0 aliphatic heterocycles. The van der Waals surface area contributed by atoms with Crippen LogP contribution in [0.15, 0.2) is 29.8 Å². The van der Waals surface area contributed by atoms with Crippen molar-refractivity contribution in [1.82, 2.24) is 5.32 Å². The van der Waals surface area contributed by atoms with E-state index < -0.39 is 0 Å². The smallest absolute Gasteiger partial charge is 0.0538 e. The number of aryl methyl sites for hydroxylation is 2. The van der Waals surface area contributed by atoms with Gasteiger partial charge in [-0.25, -0.2) is 0 Å². The van der Waals surface area contributed by atoms with Crippen molar-refractivity contribution < 1.29 is 0 Å². The summed E-state index contributed by atoms with van der Waals surface area (Å²) in [5.41, 5.74) is 5.84. The third kappa shape index (κ3) is 3.70. The Kier molecular flexibility index (Phi) is 5.21. The standard InChI is InChI=1S/C18H27N/c1-4-19-18(16-9-7-5-6-8-10-16)17-13-14(2)11-12-15(17)3/h9,11-13,18-19H,4-8,10H2,1-3H3. The molecule has 1 atom stereocenters. The van der Waals surface area contributed by atoms with Gasteiger partial charge in [-0.3, -0.25) is 0 Å². The molecule has 1 heteroatoms. The Balaban J connectivity index is 2.32. The van der Waals surface area contributed by atoms with Gasteiger partial charge in [-0.1, -0.05) is 48.8 Å². The molecule has 1 aromatic carbocycles. The topological polar surface area (TPSA) is 12.0 Å². The number of allylic oxidation sites excluding steroid dienone is 1. The average Bonchev–Trinajstić information content (AvgIpc) is 2.68. The molecular formula is C18H27N. The minimum absolute atomic E-state index is 0.419. The Hall–Kier alpha value is -1.08. The Morgan fingerprint density at radius 3 is 2.79 bits per heavy atom. The number of hydrogen-bond acceptors (Lipinski definition) is 1. The minimum atomic E-state index is 0.419. The van der Waals surface area contributed by atoms with Crippen LogP contribution in [-0.2, 0) is 0 Å². The lowest BCUT2D eigenvalue weighted by Crippen LogP contribution is -2.23. The lowest BCUT2D eigenvalue weighted by molar-refractivity contribution is 0.587. The van der Waals surface area contributed by atoms with Gasteiger partial charge in [-0.15, -0.1) is 0 Å². The molecule has 2 rings (SSSR count). The third-order valence-corrected chi connectivity index (χ3v) is 4.10. The predicted octanol–water partition coefficient (Wildman–Crippen LogP) is 4.84. The molecule has 0 saturated heterocycles. The molecule has 0 amide bonds. The molecule has 0 saturated carbocycles. The molecule has 1 nitrogen and oxygen atoms in total. The first-order chi connectivity index (χ1) is 9.22. The first-order valence-corrected chi connectivity index (χ1v) is 7.72. The molecule has 1 N–H and O–H groups in total. The van der Waals surface area contributed by atoms with E-state index in [1.54, 1.807) is 5.57 Å². The zero-order valence-electron chi connectivity index (χ0n) is 12.6. The number of hydrogen-bond donors (Lipinski definition) is 1. The molecule has 1 unspecified atom stereocenters. The van der Waals surface area contributed by atoms with Crippen molar-refractivity contribution in [3.05, 3.63) is 46.5 Å². The van der Waals surface area contributed by atoms with E-state index in [2.05, 4.69) is 50.4 Å². The van der Waals surface area contributed by atoms with Crippen LogP contribution in [0.5, 0.6) is 0 Å². The van der Waals surface area contributed by atoms with Gasteiger partial charge in [0.05, 0.1) is 6.04 Å². The van der Waals surface area contributed by atoms with Crippen LogP contribution in [-0.4, -0.2) is 6.54 Å². The number of nitrogens with one attached hydrogen (secondary N) is 1. The molecular weight excluding hydrogens is 230 g/mol. The second-order valence-corrected chi connectivity index (χ2v) is 5.73. The highest BCUT2D eigenvalue weighted by Crippen LogP contribution is 2.31. The molecule has 1 aromatic rings. The normalized spacial score (nSPS) is 17.7. The van der Waals surface area contributed by atoms with E-state index in [4.69, 9.17) is 0 Å². The fourth-order valence-corrected chi connectivity index (χ4v) is 3.02. The summed E-state index contributed by atoms with van der Waals surface area (Å²) in [5.74, 6) is 0. The van der Waals surface area contributed by atoms with Crippen molar-refractivity contribution in [3.8, 4) is 0 Å². The van der Waals surface area contributed by atoms with Crippen molar-refractivity contribution >= 4 is 0 Å². The minimum Gasteiger partial charge on any atom is -0.307 e. The van der Waals surface area contributed by atoms with Crippen LogP contribution in [0.3, 0.4) is 0 Å². The van der Waals surface area contributed by atoms with Gasteiger partial charge in [0, 0.05) is 0 Å². The second-order valence-electron chi connectivity index (χ2n) is 5.73. The third-order valence-electron chi connectivity index (χ3n) is 4.10. The highest BCUT2D eigenvalue weighted by atomic mass is 14.9. The van der Waals surface area contributed by atoms with Crippen LogP contribution in [0.25, 0.3) is 0 Å². The lowest BCUT2D eigenvalue weighted by atomic mass is 9.91. The summed E-state index contributed by atoms with van der Waals surface area (Å²) in [6, 6.07) is 7.24. The fraction of sp³-hybridized carbons (Fsp3) is 0.556. The van der Waals surface area contributed by atoms with Crippen molar-refractivity contribution in [2.45, 2.75) is 58.9 Å². The van der Waals surface area contributed by atoms with Gasteiger partial charge in [0.2, 0.25) is 0 Å². The monoisotopic (exact) mass is 257 g/mol. The van der Waals surface area contributed by atoms with Gasteiger partial charge in [-0.2, -0.15) is 0 Å². The van der Waals surface area contributed by atoms with Crippen LogP contribution >= 0.6 is 0 Å². The van der Waals surface area contributed by atoms with Crippen molar-refractivity contribution in [2.75, 3.05) is 6.54 Å². The van der Waals surface area contributed by atoms with Gasteiger partial charge < -0.3 is 5.32 Å². The Morgan fingerprint density at radius 1 is 1.16 bits per heavy atom. The summed E-state index contributed by atoms with van der Waals surface area (Å²) in [5, 5.41) is 3.70. The van der Waals surface area contributed by atoms with Gasteiger partial charge in [0.1, 0.15) is 0 Å². The van der Waals surface area contributed by atoms with Crippen LogP contribution in [0.2, 0.25) is 0 Å². The van der Waals surface area contributed by atoms with Crippen molar-refractivity contribution in [1.29, 1.82) is 0 Å². The van der Waals surface area contributed by atoms with E-state index in [0.717, 1.165) is 6.54 Å². The van der Waals surface area contributed by atoms with Gasteiger partial charge in [0.15, 0.2) is 0 Å². The van der Waals surface area contributed by atoms with Crippen LogP contribution in [0, 0.1) is 13.8 Å². The largest absolute Gasteiger partial charge is 0.307 e. The maximum atomic E-state index is 3.70. The van der Waals surface area contributed by atoms with Crippen LogP contribution < -0.4 is 5.32 Å². The number of likely N-dealkylation sites (N-methyl/N-ethyl adjacent to an activating group) is 1. The highest BCUT2D eigenvalue weighted by molar-refractivity contribution is 5.37. The SMILES string of the molecule is CCNC(C1=CCCCCC1)c1cc(C)ccc1C. The van der Waals surface area contributed by atoms with E-state index in [1.165, 1.54) is 48.8 Å². The Labute approximate surface area is 118 Å². The average molecular weight is 257 g/mol. The summed E-state index contributed by atoms with van der Waals surface area (Å²) in [6.45, 7) is 7.65. The first kappa shape index (κ1) is 14.3. The van der Waals surface area contributed by atoms with Crippen molar-refractivity contribution in [2.24, 2.45) is 0 Å². The van der Waals surface area contributed by atoms with Gasteiger partial charge in [0.25, 0.3) is 0 Å². The fourth-order valence-electron chi connectivity index (χ4n) is 3.02. The predicted molar refractivity (Wildman–Crippen MR) is 83.5 cm³/mol. The van der Waals surface area contributed by atoms with E-state index in [1.807, 2.05) is 0 Å². The van der Waals surface area contributed by atoms with E-state index in [-0.39, 0.29) is 0 Å². The van der Waals surface area contributed by atoms with Gasteiger partial charge in [-0.05, 0) is 57.2 Å². The quantitative estimate of drug-likeness (QED) is 0.761. The summed E-state index contributed by atoms with van der Waals surface area (Å²) in [6.07, 6.45) is 9.08. The summed E-state index contributed by atoms with van der Waals surface area (Å²) in [4.78, 5) is 0. The second kappa shape index (κ2) is 6.91. The molecule has 1 aliphatic rings. The first-order valence-electron chi connectivity index (χ1n) is 7.72. The zero-order valence-corrected chi connectivity index (χ0v) is 12.6. The Bertz CT molecular complexity index is 445. The summed E-state index contributed by atoms with van der Waals surface area (Å²) in [7, 11) is 0. The van der Waals surface area contributed by atoms with E-state index >= 15 is 0 Å². The molecule has 0 heterocycles. The van der Waals surface area contributed by atoms with E-state index in [9.17, 15) is 0 Å². The molecule has 104 valence electrons. The van der Waals surface area contributed by atoms with Crippen molar-refractivity contribution in [3.63, 3.8) is 0 Å². The maximum absolute atomic E-state index is 3.70. The molecule has 0 aromatic heterocycles. The highest BCUT2D eigenvalue weighted by Gasteiger charge is 2.18. The van der Waals surface area contributed by atoms with Crippen LogP contribution in [0.1, 0.15) is 61.8 Å². The summed E-state index contributed by atoms with van der Waals surface area (Å²) < 4.78 is 0. The lowest BCUT2D eigenvalue weighted by Gasteiger charge is -2.24. The molecule has 0 fully saturated rings. The van der Waals surface area contributed by atoms with Crippen LogP contribution in [0.4, 0.5) is 0 Å². The maximum Gasteiger partial charge on any atom is 0.0538 e. The molecule has 19 heavy (non-hydrogen) atoms. The number of rotatable bonds is 4. The molecule has 0 spiro atoms.